The molecule has 0 unspecified atom stereocenters. The molecule has 1 amide bonds. The van der Waals surface area contributed by atoms with Crippen LogP contribution >= 0.6 is 15.9 Å². The molecule has 0 aromatic carbocycles. The summed E-state index contributed by atoms with van der Waals surface area (Å²) in [5.74, 6) is 0.255. The molecule has 2 aromatic heterocycles. The number of carbonyl (C=O) groups is 1. The lowest BCUT2D eigenvalue weighted by atomic mass is 9.92. The van der Waals surface area contributed by atoms with E-state index in [0.717, 1.165) is 4.60 Å². The van der Waals surface area contributed by atoms with Gasteiger partial charge in [0.2, 0.25) is 11.9 Å². The zero-order valence-corrected chi connectivity index (χ0v) is 12.2. The maximum Gasteiger partial charge on any atom is 0.249 e. The van der Waals surface area contributed by atoms with Gasteiger partial charge in [-0.1, -0.05) is 26.8 Å². The highest BCUT2D eigenvalue weighted by atomic mass is 79.9. The van der Waals surface area contributed by atoms with Crippen LogP contribution in [-0.4, -0.2) is 20.5 Å². The number of hydrogen-bond donors (Lipinski definition) is 1. The Morgan fingerprint density at radius 2 is 2.17 bits per heavy atom. The second-order valence-corrected chi connectivity index (χ2v) is 6.15. The SMILES string of the molecule is CC(C)(C)CC(=O)Nc1nc2cccc(Br)n2n1. The maximum atomic E-state index is 11.8. The fourth-order valence-corrected chi connectivity index (χ4v) is 1.99. The number of amides is 1. The Labute approximate surface area is 114 Å². The van der Waals surface area contributed by atoms with Gasteiger partial charge in [-0.05, 0) is 33.5 Å². The van der Waals surface area contributed by atoms with Crippen LogP contribution in [0.3, 0.4) is 0 Å². The molecule has 2 aromatic rings. The second kappa shape index (κ2) is 4.68. The van der Waals surface area contributed by atoms with Gasteiger partial charge in [0.25, 0.3) is 0 Å². The number of halogens is 1. The van der Waals surface area contributed by atoms with Gasteiger partial charge in [0.15, 0.2) is 5.65 Å². The molecule has 0 radical (unpaired) electrons. The van der Waals surface area contributed by atoms with Gasteiger partial charge in [-0.2, -0.15) is 4.98 Å². The molecule has 0 aliphatic heterocycles. The number of carbonyl (C=O) groups excluding carboxylic acids is 1. The largest absolute Gasteiger partial charge is 0.293 e. The Hall–Kier alpha value is -1.43. The fraction of sp³-hybridized carbons (Fsp3) is 0.417. The summed E-state index contributed by atoms with van der Waals surface area (Å²) in [6.07, 6.45) is 0.434. The number of hydrogen-bond acceptors (Lipinski definition) is 3. The third-order valence-electron chi connectivity index (χ3n) is 2.26. The molecule has 2 heterocycles. The van der Waals surface area contributed by atoms with Gasteiger partial charge < -0.3 is 0 Å². The second-order valence-electron chi connectivity index (χ2n) is 5.34. The summed E-state index contributed by atoms with van der Waals surface area (Å²) in [6, 6.07) is 5.56. The van der Waals surface area contributed by atoms with E-state index in [9.17, 15) is 4.79 Å². The van der Waals surface area contributed by atoms with Crippen LogP contribution in [0, 0.1) is 5.41 Å². The third kappa shape index (κ3) is 3.07. The predicted molar refractivity (Wildman–Crippen MR) is 73.4 cm³/mol. The van der Waals surface area contributed by atoms with Crippen molar-refractivity contribution < 1.29 is 4.79 Å². The molecule has 18 heavy (non-hydrogen) atoms. The molecule has 0 aliphatic rings. The van der Waals surface area contributed by atoms with Crippen molar-refractivity contribution in [2.24, 2.45) is 5.41 Å². The Kier molecular flexibility index (Phi) is 3.38. The van der Waals surface area contributed by atoms with Crippen LogP contribution in [0.4, 0.5) is 5.95 Å². The standard InChI is InChI=1S/C12H15BrN4O/c1-12(2,3)7-10(18)15-11-14-9-6-4-5-8(13)17(9)16-11/h4-6H,7H2,1-3H3,(H,15,16,18). The van der Waals surface area contributed by atoms with E-state index >= 15 is 0 Å². The minimum absolute atomic E-state index is 0.0518. The normalized spacial score (nSPS) is 11.8. The van der Waals surface area contributed by atoms with Crippen molar-refractivity contribution in [2.75, 3.05) is 5.32 Å². The van der Waals surface area contributed by atoms with Gasteiger partial charge in [0.1, 0.15) is 4.60 Å². The lowest BCUT2D eigenvalue weighted by Crippen LogP contribution is -2.20. The van der Waals surface area contributed by atoms with Gasteiger partial charge in [-0.3, -0.25) is 10.1 Å². The van der Waals surface area contributed by atoms with Crippen molar-refractivity contribution in [1.82, 2.24) is 14.6 Å². The predicted octanol–water partition coefficient (Wildman–Crippen LogP) is 2.87. The van der Waals surface area contributed by atoms with E-state index in [1.165, 1.54) is 0 Å². The van der Waals surface area contributed by atoms with Crippen molar-refractivity contribution in [3.8, 4) is 0 Å². The quantitative estimate of drug-likeness (QED) is 0.868. The first kappa shape index (κ1) is 13.0. The number of aromatic nitrogens is 3. The summed E-state index contributed by atoms with van der Waals surface area (Å²) in [7, 11) is 0. The molecule has 1 N–H and O–H groups in total. The maximum absolute atomic E-state index is 11.8. The van der Waals surface area contributed by atoms with Gasteiger partial charge in [0.05, 0.1) is 0 Å². The summed E-state index contributed by atoms with van der Waals surface area (Å²) in [6.45, 7) is 6.04. The molecule has 0 bridgehead atoms. The average molecular weight is 311 g/mol. The average Bonchev–Trinajstić information content (AvgIpc) is 2.58. The third-order valence-corrected chi connectivity index (χ3v) is 2.86. The van der Waals surface area contributed by atoms with Gasteiger partial charge in [0, 0.05) is 6.42 Å². The van der Waals surface area contributed by atoms with Crippen molar-refractivity contribution in [2.45, 2.75) is 27.2 Å². The van der Waals surface area contributed by atoms with Crippen molar-refractivity contribution in [1.29, 1.82) is 0 Å². The lowest BCUT2D eigenvalue weighted by Gasteiger charge is -2.16. The molecular weight excluding hydrogens is 296 g/mol. The van der Waals surface area contributed by atoms with Crippen molar-refractivity contribution in [3.05, 3.63) is 22.8 Å². The minimum Gasteiger partial charge on any atom is -0.293 e. The van der Waals surface area contributed by atoms with Crippen molar-refractivity contribution >= 4 is 33.4 Å². The molecule has 6 heteroatoms. The number of nitrogens with zero attached hydrogens (tertiary/aromatic N) is 3. The van der Waals surface area contributed by atoms with Gasteiger partial charge in [-0.25, -0.2) is 4.52 Å². The molecule has 2 rings (SSSR count). The molecular formula is C12H15BrN4O. The topological polar surface area (TPSA) is 59.3 Å². The number of anilines is 1. The van der Waals surface area contributed by atoms with E-state index in [-0.39, 0.29) is 11.3 Å². The smallest absolute Gasteiger partial charge is 0.249 e. The van der Waals surface area contributed by atoms with Crippen molar-refractivity contribution in [3.63, 3.8) is 0 Å². The number of nitrogens with one attached hydrogen (secondary N) is 1. The molecule has 0 fully saturated rings. The van der Waals surface area contributed by atoms with Crippen LogP contribution in [-0.2, 0) is 4.79 Å². The van der Waals surface area contributed by atoms with E-state index in [4.69, 9.17) is 0 Å². The van der Waals surface area contributed by atoms with Crippen LogP contribution in [0.5, 0.6) is 0 Å². The highest BCUT2D eigenvalue weighted by Crippen LogP contribution is 2.19. The highest BCUT2D eigenvalue weighted by molar-refractivity contribution is 9.10. The summed E-state index contributed by atoms with van der Waals surface area (Å²) in [5, 5.41) is 6.92. The Balaban J connectivity index is 2.18. The molecule has 96 valence electrons. The van der Waals surface area contributed by atoms with E-state index in [0.29, 0.717) is 18.0 Å². The molecule has 0 atom stereocenters. The molecule has 0 saturated carbocycles. The first-order valence-corrected chi connectivity index (χ1v) is 6.46. The molecule has 0 spiro atoms. The first-order valence-electron chi connectivity index (χ1n) is 5.66. The molecule has 5 nitrogen and oxygen atoms in total. The zero-order chi connectivity index (χ0) is 13.3. The van der Waals surface area contributed by atoms with Crippen LogP contribution in [0.2, 0.25) is 0 Å². The van der Waals surface area contributed by atoms with Gasteiger partial charge >= 0.3 is 0 Å². The van der Waals surface area contributed by atoms with Crippen LogP contribution in [0.15, 0.2) is 22.8 Å². The number of pyridine rings is 1. The summed E-state index contributed by atoms with van der Waals surface area (Å²) in [5.41, 5.74) is 0.638. The Bertz CT molecular complexity index is 585. The summed E-state index contributed by atoms with van der Waals surface area (Å²) in [4.78, 5) is 16.0. The summed E-state index contributed by atoms with van der Waals surface area (Å²) < 4.78 is 2.43. The van der Waals surface area contributed by atoms with Crippen LogP contribution < -0.4 is 5.32 Å². The van der Waals surface area contributed by atoms with E-state index in [1.807, 2.05) is 39.0 Å². The monoisotopic (exact) mass is 310 g/mol. The van der Waals surface area contributed by atoms with Gasteiger partial charge in [-0.15, -0.1) is 5.10 Å². The lowest BCUT2D eigenvalue weighted by molar-refractivity contribution is -0.117. The Morgan fingerprint density at radius 3 is 2.78 bits per heavy atom. The summed E-state index contributed by atoms with van der Waals surface area (Å²) >= 11 is 3.37. The molecule has 0 saturated heterocycles. The van der Waals surface area contributed by atoms with E-state index in [2.05, 4.69) is 31.3 Å². The fourth-order valence-electron chi connectivity index (χ4n) is 1.58. The first-order chi connectivity index (χ1) is 8.35. The zero-order valence-electron chi connectivity index (χ0n) is 10.6. The van der Waals surface area contributed by atoms with E-state index < -0.39 is 0 Å². The minimum atomic E-state index is -0.0745. The molecule has 0 aliphatic carbocycles. The Morgan fingerprint density at radius 1 is 1.44 bits per heavy atom. The highest BCUT2D eigenvalue weighted by Gasteiger charge is 2.17. The van der Waals surface area contributed by atoms with E-state index in [1.54, 1.807) is 4.52 Å². The number of rotatable bonds is 2. The van der Waals surface area contributed by atoms with Crippen LogP contribution in [0.1, 0.15) is 27.2 Å². The number of fused-ring (bicyclic) bond motifs is 1. The van der Waals surface area contributed by atoms with Crippen LogP contribution in [0.25, 0.3) is 5.65 Å².